The molecular weight excluding hydrogens is 342 g/mol. The zero-order valence-electron chi connectivity index (χ0n) is 14.5. The van der Waals surface area contributed by atoms with Gasteiger partial charge in [-0.15, -0.1) is 0 Å². The van der Waals surface area contributed by atoms with Crippen LogP contribution in [0.3, 0.4) is 0 Å². The number of carbonyl (C=O) groups is 3. The average Bonchev–Trinajstić information content (AvgIpc) is 3.27. The topological polar surface area (TPSA) is 91.7 Å². The number of thioether (sulfide) groups is 1. The lowest BCUT2D eigenvalue weighted by atomic mass is 10.2. The molecule has 1 atom stereocenters. The van der Waals surface area contributed by atoms with Crippen LogP contribution in [0.25, 0.3) is 0 Å². The largest absolute Gasteiger partial charge is 0.459 e. The summed E-state index contributed by atoms with van der Waals surface area (Å²) in [6.07, 6.45) is 6.17. The lowest BCUT2D eigenvalue weighted by molar-refractivity contribution is -0.127. The molecule has 2 rings (SSSR count). The summed E-state index contributed by atoms with van der Waals surface area (Å²) in [4.78, 5) is 37.8. The number of amides is 3. The van der Waals surface area contributed by atoms with Gasteiger partial charge in [0.1, 0.15) is 6.04 Å². The van der Waals surface area contributed by atoms with E-state index in [0.717, 1.165) is 18.7 Å². The fraction of sp³-hybridized carbons (Fsp3) is 0.588. The smallest absolute Gasteiger partial charge is 0.287 e. The van der Waals surface area contributed by atoms with Gasteiger partial charge in [-0.05, 0) is 43.4 Å². The fourth-order valence-electron chi connectivity index (χ4n) is 2.69. The van der Waals surface area contributed by atoms with E-state index in [4.69, 9.17) is 4.42 Å². The molecule has 1 aromatic heterocycles. The van der Waals surface area contributed by atoms with Crippen molar-refractivity contribution in [1.29, 1.82) is 0 Å². The van der Waals surface area contributed by atoms with Gasteiger partial charge in [-0.2, -0.15) is 11.8 Å². The molecule has 0 aromatic carbocycles. The van der Waals surface area contributed by atoms with Crippen molar-refractivity contribution in [2.45, 2.75) is 31.7 Å². The number of rotatable bonds is 10. The summed E-state index contributed by atoms with van der Waals surface area (Å²) >= 11 is 1.62. The fourth-order valence-corrected chi connectivity index (χ4v) is 3.16. The van der Waals surface area contributed by atoms with Crippen LogP contribution in [-0.4, -0.2) is 60.3 Å². The summed E-state index contributed by atoms with van der Waals surface area (Å²) in [7, 11) is 0. The molecule has 0 saturated carbocycles. The molecule has 138 valence electrons. The summed E-state index contributed by atoms with van der Waals surface area (Å²) in [6.45, 7) is 1.95. The Morgan fingerprint density at radius 3 is 2.92 bits per heavy atom. The molecule has 0 radical (unpaired) electrons. The van der Waals surface area contributed by atoms with Crippen LogP contribution >= 0.6 is 11.8 Å². The molecule has 2 heterocycles. The van der Waals surface area contributed by atoms with Gasteiger partial charge in [0.05, 0.1) is 6.26 Å². The van der Waals surface area contributed by atoms with E-state index in [-0.39, 0.29) is 17.6 Å². The van der Waals surface area contributed by atoms with Crippen LogP contribution in [0, 0.1) is 0 Å². The number of furan rings is 1. The maximum atomic E-state index is 12.4. The lowest BCUT2D eigenvalue weighted by Gasteiger charge is -2.19. The van der Waals surface area contributed by atoms with E-state index in [1.165, 1.54) is 6.26 Å². The van der Waals surface area contributed by atoms with E-state index >= 15 is 0 Å². The number of hydrogen-bond acceptors (Lipinski definition) is 5. The van der Waals surface area contributed by atoms with Crippen LogP contribution in [0.4, 0.5) is 0 Å². The molecule has 1 saturated heterocycles. The number of likely N-dealkylation sites (tertiary alicyclic amines) is 1. The molecule has 25 heavy (non-hydrogen) atoms. The van der Waals surface area contributed by atoms with Crippen LogP contribution in [0.1, 0.15) is 36.2 Å². The Balaban J connectivity index is 1.76. The second kappa shape index (κ2) is 10.1. The van der Waals surface area contributed by atoms with E-state index in [1.807, 2.05) is 11.2 Å². The second-order valence-electron chi connectivity index (χ2n) is 5.91. The number of nitrogens with zero attached hydrogens (tertiary/aromatic N) is 1. The zero-order chi connectivity index (χ0) is 18.1. The number of hydrogen-bond donors (Lipinski definition) is 2. The molecular formula is C17H25N3O4S. The molecule has 0 bridgehead atoms. The summed E-state index contributed by atoms with van der Waals surface area (Å²) in [6, 6.07) is 2.59. The standard InChI is InChI=1S/C17H25N3O4S/c1-25-12-7-13(19-17(23)14-5-3-11-24-14)16(22)18-8-4-10-20-9-2-6-15(20)21/h3,5,11,13H,2,4,6-10,12H2,1H3,(H,18,22)(H,19,23). The minimum atomic E-state index is -0.599. The second-order valence-corrected chi connectivity index (χ2v) is 6.90. The Bertz CT molecular complexity index is 576. The molecule has 1 aromatic rings. The maximum absolute atomic E-state index is 12.4. The first-order valence-electron chi connectivity index (χ1n) is 8.50. The number of nitrogens with one attached hydrogen (secondary N) is 2. The van der Waals surface area contributed by atoms with Gasteiger partial charge in [0.15, 0.2) is 5.76 Å². The third kappa shape index (κ3) is 6.12. The quantitative estimate of drug-likeness (QED) is 0.608. The van der Waals surface area contributed by atoms with Gasteiger partial charge in [-0.25, -0.2) is 0 Å². The SMILES string of the molecule is CSCCC(NC(=O)c1ccco1)C(=O)NCCCN1CCCC1=O. The molecule has 3 amide bonds. The monoisotopic (exact) mass is 367 g/mol. The normalized spacial score (nSPS) is 15.2. The van der Waals surface area contributed by atoms with Crippen molar-refractivity contribution in [3.63, 3.8) is 0 Å². The van der Waals surface area contributed by atoms with Crippen LogP contribution in [-0.2, 0) is 9.59 Å². The van der Waals surface area contributed by atoms with E-state index in [2.05, 4.69) is 10.6 Å². The van der Waals surface area contributed by atoms with Gasteiger partial charge < -0.3 is 20.0 Å². The van der Waals surface area contributed by atoms with Crippen LogP contribution in [0.5, 0.6) is 0 Å². The Kier molecular flexibility index (Phi) is 7.84. The van der Waals surface area contributed by atoms with E-state index in [0.29, 0.717) is 32.4 Å². The van der Waals surface area contributed by atoms with Crippen molar-refractivity contribution in [3.8, 4) is 0 Å². The molecule has 7 nitrogen and oxygen atoms in total. The lowest BCUT2D eigenvalue weighted by Crippen LogP contribution is -2.47. The van der Waals surface area contributed by atoms with Crippen molar-refractivity contribution in [3.05, 3.63) is 24.2 Å². The Morgan fingerprint density at radius 1 is 1.44 bits per heavy atom. The maximum Gasteiger partial charge on any atom is 0.287 e. The average molecular weight is 367 g/mol. The molecule has 8 heteroatoms. The van der Waals surface area contributed by atoms with Gasteiger partial charge >= 0.3 is 0 Å². The first-order chi connectivity index (χ1) is 12.1. The minimum Gasteiger partial charge on any atom is -0.459 e. The van der Waals surface area contributed by atoms with Crippen molar-refractivity contribution in [1.82, 2.24) is 15.5 Å². The van der Waals surface area contributed by atoms with Crippen LogP contribution in [0.2, 0.25) is 0 Å². The molecule has 1 aliphatic heterocycles. The van der Waals surface area contributed by atoms with E-state index in [1.54, 1.807) is 23.9 Å². The molecule has 1 unspecified atom stereocenters. The first-order valence-corrected chi connectivity index (χ1v) is 9.90. The summed E-state index contributed by atoms with van der Waals surface area (Å²) in [5, 5.41) is 5.57. The van der Waals surface area contributed by atoms with Gasteiger partial charge in [0.2, 0.25) is 11.8 Å². The molecule has 1 aliphatic rings. The van der Waals surface area contributed by atoms with Crippen molar-refractivity contribution in [2.24, 2.45) is 0 Å². The number of carbonyl (C=O) groups excluding carboxylic acids is 3. The summed E-state index contributed by atoms with van der Waals surface area (Å²) in [5.74, 6) is 0.540. The van der Waals surface area contributed by atoms with Crippen LogP contribution < -0.4 is 10.6 Å². The minimum absolute atomic E-state index is 0.189. The predicted octanol–water partition coefficient (Wildman–Crippen LogP) is 1.26. The highest BCUT2D eigenvalue weighted by molar-refractivity contribution is 7.98. The highest BCUT2D eigenvalue weighted by Crippen LogP contribution is 2.09. The van der Waals surface area contributed by atoms with Gasteiger partial charge in [-0.1, -0.05) is 0 Å². The van der Waals surface area contributed by atoms with Crippen molar-refractivity contribution < 1.29 is 18.8 Å². The van der Waals surface area contributed by atoms with Crippen molar-refractivity contribution >= 4 is 29.5 Å². The molecule has 0 aliphatic carbocycles. The zero-order valence-corrected chi connectivity index (χ0v) is 15.3. The molecule has 0 spiro atoms. The van der Waals surface area contributed by atoms with E-state index < -0.39 is 11.9 Å². The Morgan fingerprint density at radius 2 is 2.28 bits per heavy atom. The Hall–Kier alpha value is -1.96. The van der Waals surface area contributed by atoms with Gasteiger partial charge in [0.25, 0.3) is 5.91 Å². The van der Waals surface area contributed by atoms with E-state index in [9.17, 15) is 14.4 Å². The predicted molar refractivity (Wildman–Crippen MR) is 96.4 cm³/mol. The highest BCUT2D eigenvalue weighted by atomic mass is 32.2. The van der Waals surface area contributed by atoms with Gasteiger partial charge in [0, 0.05) is 26.1 Å². The first kappa shape index (κ1) is 19.4. The third-order valence-corrected chi connectivity index (χ3v) is 4.70. The molecule has 2 N–H and O–H groups in total. The highest BCUT2D eigenvalue weighted by Gasteiger charge is 2.22. The van der Waals surface area contributed by atoms with Crippen LogP contribution in [0.15, 0.2) is 22.8 Å². The summed E-state index contributed by atoms with van der Waals surface area (Å²) < 4.78 is 5.06. The molecule has 1 fully saturated rings. The third-order valence-electron chi connectivity index (χ3n) is 4.05. The Labute approximate surface area is 151 Å². The van der Waals surface area contributed by atoms with Gasteiger partial charge in [-0.3, -0.25) is 14.4 Å². The summed E-state index contributed by atoms with van der Waals surface area (Å²) in [5.41, 5.74) is 0. The van der Waals surface area contributed by atoms with Crippen molar-refractivity contribution in [2.75, 3.05) is 31.6 Å².